The summed E-state index contributed by atoms with van der Waals surface area (Å²) < 4.78 is 12.7. The second-order valence-corrected chi connectivity index (χ2v) is 6.65. The number of pyridine rings is 1. The van der Waals surface area contributed by atoms with Crippen molar-refractivity contribution in [3.63, 3.8) is 0 Å². The first-order valence-electron chi connectivity index (χ1n) is 8.94. The van der Waals surface area contributed by atoms with E-state index in [1.807, 2.05) is 36.9 Å². The van der Waals surface area contributed by atoms with Crippen molar-refractivity contribution in [2.45, 2.75) is 12.5 Å². The van der Waals surface area contributed by atoms with Gasteiger partial charge >= 0.3 is 5.97 Å². The van der Waals surface area contributed by atoms with Crippen LogP contribution >= 0.6 is 0 Å². The van der Waals surface area contributed by atoms with Crippen molar-refractivity contribution < 1.29 is 14.3 Å². The minimum absolute atomic E-state index is 0.218. The zero-order valence-electron chi connectivity index (χ0n) is 15.1. The Kier molecular flexibility index (Phi) is 4.98. The number of nitrogens with zero attached hydrogens (tertiary/aromatic N) is 3. The molecule has 1 aliphatic rings. The highest BCUT2D eigenvalue weighted by atomic mass is 16.5. The Bertz CT molecular complexity index is 906. The molecule has 0 spiro atoms. The van der Waals surface area contributed by atoms with E-state index in [-0.39, 0.29) is 12.0 Å². The number of benzene rings is 1. The summed E-state index contributed by atoms with van der Waals surface area (Å²) in [7, 11) is 1.38. The maximum absolute atomic E-state index is 11.6. The van der Waals surface area contributed by atoms with E-state index >= 15 is 0 Å². The molecular formula is C21H21N3O3. The van der Waals surface area contributed by atoms with E-state index in [2.05, 4.69) is 26.7 Å². The minimum atomic E-state index is -0.341. The van der Waals surface area contributed by atoms with Crippen LogP contribution in [0.5, 0.6) is 0 Å². The summed E-state index contributed by atoms with van der Waals surface area (Å²) in [6, 6.07) is 11.7. The van der Waals surface area contributed by atoms with Crippen molar-refractivity contribution in [2.75, 3.05) is 20.3 Å². The van der Waals surface area contributed by atoms with Gasteiger partial charge in [0.05, 0.1) is 31.9 Å². The number of carbonyl (C=O) groups is 1. The van der Waals surface area contributed by atoms with Crippen molar-refractivity contribution in [3.8, 4) is 11.4 Å². The van der Waals surface area contributed by atoms with E-state index in [1.165, 1.54) is 12.7 Å². The number of hydrogen-bond donors (Lipinski definition) is 0. The number of imidazole rings is 1. The highest BCUT2D eigenvalue weighted by Crippen LogP contribution is 2.32. The lowest BCUT2D eigenvalue weighted by Gasteiger charge is -2.21. The molecular weight excluding hydrogens is 342 g/mol. The summed E-state index contributed by atoms with van der Waals surface area (Å²) >= 11 is 0. The number of aromatic nitrogens is 3. The molecule has 2 aromatic heterocycles. The average molecular weight is 363 g/mol. The molecule has 138 valence electrons. The third kappa shape index (κ3) is 3.61. The molecule has 4 rings (SSSR count). The van der Waals surface area contributed by atoms with Crippen LogP contribution in [0.3, 0.4) is 0 Å². The van der Waals surface area contributed by atoms with Gasteiger partial charge in [-0.05, 0) is 36.2 Å². The number of hydrogen-bond acceptors (Lipinski definition) is 5. The summed E-state index contributed by atoms with van der Waals surface area (Å²) in [5, 5.41) is 0. The first-order valence-corrected chi connectivity index (χ1v) is 8.94. The summed E-state index contributed by atoms with van der Waals surface area (Å²) in [5.74, 6) is 0.905. The van der Waals surface area contributed by atoms with E-state index in [4.69, 9.17) is 9.47 Å². The predicted octanol–water partition coefficient (Wildman–Crippen LogP) is 3.16. The molecule has 0 aliphatic carbocycles. The largest absolute Gasteiger partial charge is 0.465 e. The third-order valence-electron chi connectivity index (χ3n) is 5.00. The highest BCUT2D eigenvalue weighted by molar-refractivity contribution is 5.89. The van der Waals surface area contributed by atoms with Crippen LogP contribution in [-0.4, -0.2) is 40.8 Å². The molecule has 1 saturated heterocycles. The Hall–Kier alpha value is -2.99. The summed E-state index contributed by atoms with van der Waals surface area (Å²) in [4.78, 5) is 20.3. The number of carbonyl (C=O) groups excluding carboxylic acids is 1. The SMILES string of the molecule is COC(=O)c1ccc(-c2nccn2[C@@H]2COC[C@@H]2Cc2ccncc2)cc1. The number of methoxy groups -OCH3 is 1. The van der Waals surface area contributed by atoms with Gasteiger partial charge in [-0.2, -0.15) is 0 Å². The van der Waals surface area contributed by atoms with E-state index in [9.17, 15) is 4.79 Å². The van der Waals surface area contributed by atoms with E-state index in [0.29, 0.717) is 18.1 Å². The van der Waals surface area contributed by atoms with Crippen molar-refractivity contribution in [1.82, 2.24) is 14.5 Å². The molecule has 0 bridgehead atoms. The zero-order chi connectivity index (χ0) is 18.6. The Morgan fingerprint density at radius 1 is 1.15 bits per heavy atom. The maximum Gasteiger partial charge on any atom is 0.337 e. The molecule has 1 fully saturated rings. The molecule has 6 heteroatoms. The van der Waals surface area contributed by atoms with Gasteiger partial charge in [0.2, 0.25) is 0 Å². The topological polar surface area (TPSA) is 66.2 Å². The fourth-order valence-corrected chi connectivity index (χ4v) is 3.59. The second-order valence-electron chi connectivity index (χ2n) is 6.65. The van der Waals surface area contributed by atoms with Gasteiger partial charge in [0.1, 0.15) is 5.82 Å². The van der Waals surface area contributed by atoms with Crippen LogP contribution in [0.2, 0.25) is 0 Å². The van der Waals surface area contributed by atoms with Gasteiger partial charge in [0.25, 0.3) is 0 Å². The van der Waals surface area contributed by atoms with Gasteiger partial charge in [-0.25, -0.2) is 9.78 Å². The van der Waals surface area contributed by atoms with Crippen LogP contribution in [0.15, 0.2) is 61.2 Å². The molecule has 0 N–H and O–H groups in total. The lowest BCUT2D eigenvalue weighted by Crippen LogP contribution is -2.20. The zero-order valence-corrected chi connectivity index (χ0v) is 15.1. The van der Waals surface area contributed by atoms with Crippen LogP contribution in [-0.2, 0) is 15.9 Å². The maximum atomic E-state index is 11.6. The number of ether oxygens (including phenoxy) is 2. The van der Waals surface area contributed by atoms with Gasteiger partial charge in [-0.1, -0.05) is 12.1 Å². The van der Waals surface area contributed by atoms with E-state index in [0.717, 1.165) is 24.4 Å². The lowest BCUT2D eigenvalue weighted by molar-refractivity contribution is 0.0601. The molecule has 0 unspecified atom stereocenters. The smallest absolute Gasteiger partial charge is 0.337 e. The van der Waals surface area contributed by atoms with E-state index < -0.39 is 0 Å². The molecule has 1 aliphatic heterocycles. The summed E-state index contributed by atoms with van der Waals surface area (Å²) in [6.45, 7) is 1.39. The second kappa shape index (κ2) is 7.72. The monoisotopic (exact) mass is 363 g/mol. The molecule has 1 aromatic carbocycles. The molecule has 27 heavy (non-hydrogen) atoms. The van der Waals surface area contributed by atoms with Gasteiger partial charge in [-0.15, -0.1) is 0 Å². The normalized spacial score (nSPS) is 19.1. The van der Waals surface area contributed by atoms with Crippen LogP contribution < -0.4 is 0 Å². The number of esters is 1. The average Bonchev–Trinajstić information content (AvgIpc) is 3.37. The van der Waals surface area contributed by atoms with Crippen molar-refractivity contribution in [3.05, 3.63) is 72.3 Å². The van der Waals surface area contributed by atoms with Crippen LogP contribution in [0, 0.1) is 5.92 Å². The standard InChI is InChI=1S/C21H21N3O3/c1-26-21(25)17-4-2-16(3-5-17)20-23-10-11-24(20)19-14-27-13-18(19)12-15-6-8-22-9-7-15/h2-11,18-19H,12-14H2,1H3/t18-,19+/m0/s1. The molecule has 3 heterocycles. The van der Waals surface area contributed by atoms with Gasteiger partial charge in [0.15, 0.2) is 0 Å². The first-order chi connectivity index (χ1) is 13.3. The molecule has 3 aromatic rings. The van der Waals surface area contributed by atoms with Gasteiger partial charge < -0.3 is 14.0 Å². The molecule has 0 saturated carbocycles. The molecule has 6 nitrogen and oxygen atoms in total. The molecule has 2 atom stereocenters. The molecule has 0 radical (unpaired) electrons. The quantitative estimate of drug-likeness (QED) is 0.652. The fraction of sp³-hybridized carbons (Fsp3) is 0.286. The van der Waals surface area contributed by atoms with Crippen LogP contribution in [0.25, 0.3) is 11.4 Å². The molecule has 0 amide bonds. The summed E-state index contributed by atoms with van der Waals surface area (Å²) in [6.07, 6.45) is 8.40. The van der Waals surface area contributed by atoms with Crippen molar-refractivity contribution >= 4 is 5.97 Å². The van der Waals surface area contributed by atoms with Gasteiger partial charge in [-0.3, -0.25) is 4.98 Å². The summed E-state index contributed by atoms with van der Waals surface area (Å²) in [5.41, 5.74) is 2.75. The Morgan fingerprint density at radius 2 is 1.93 bits per heavy atom. The van der Waals surface area contributed by atoms with Crippen LogP contribution in [0.4, 0.5) is 0 Å². The Morgan fingerprint density at radius 3 is 2.67 bits per heavy atom. The predicted molar refractivity (Wildman–Crippen MR) is 100 cm³/mol. The van der Waals surface area contributed by atoms with Crippen molar-refractivity contribution in [2.24, 2.45) is 5.92 Å². The Balaban J connectivity index is 1.58. The highest BCUT2D eigenvalue weighted by Gasteiger charge is 2.31. The Labute approximate surface area is 157 Å². The lowest BCUT2D eigenvalue weighted by atomic mass is 9.95. The third-order valence-corrected chi connectivity index (χ3v) is 5.00. The minimum Gasteiger partial charge on any atom is -0.465 e. The van der Waals surface area contributed by atoms with Crippen LogP contribution in [0.1, 0.15) is 22.0 Å². The fourth-order valence-electron chi connectivity index (χ4n) is 3.59. The van der Waals surface area contributed by atoms with E-state index in [1.54, 1.807) is 12.1 Å². The van der Waals surface area contributed by atoms with Crippen molar-refractivity contribution in [1.29, 1.82) is 0 Å². The first kappa shape index (κ1) is 17.4. The van der Waals surface area contributed by atoms with Gasteiger partial charge in [0, 0.05) is 36.3 Å². The number of rotatable bonds is 5.